The number of nitrogens with zero attached hydrogens (tertiary/aromatic N) is 2. The van der Waals surface area contributed by atoms with Gasteiger partial charge in [-0.2, -0.15) is 5.10 Å². The summed E-state index contributed by atoms with van der Waals surface area (Å²) < 4.78 is 1.81. The number of aromatic nitrogens is 2. The number of halogens is 1. The Morgan fingerprint density at radius 3 is 2.50 bits per heavy atom. The first kappa shape index (κ1) is 9.28. The van der Waals surface area contributed by atoms with Crippen molar-refractivity contribution < 1.29 is 0 Å². The summed E-state index contributed by atoms with van der Waals surface area (Å²) in [4.78, 5) is 0. The van der Waals surface area contributed by atoms with Gasteiger partial charge in [0.25, 0.3) is 0 Å². The first-order valence-corrected chi connectivity index (χ1v) is 4.84. The van der Waals surface area contributed by atoms with Gasteiger partial charge in [-0.25, -0.2) is 0 Å². The van der Waals surface area contributed by atoms with Crippen LogP contribution >= 0.6 is 11.6 Å². The van der Waals surface area contributed by atoms with Crippen molar-refractivity contribution in [1.82, 2.24) is 9.78 Å². The van der Waals surface area contributed by atoms with Gasteiger partial charge in [0.2, 0.25) is 0 Å². The monoisotopic (exact) mass is 206 g/mol. The maximum absolute atomic E-state index is 5.80. The van der Waals surface area contributed by atoms with Crippen LogP contribution in [0.5, 0.6) is 0 Å². The van der Waals surface area contributed by atoms with E-state index in [1.165, 1.54) is 11.1 Å². The van der Waals surface area contributed by atoms with Gasteiger partial charge >= 0.3 is 0 Å². The van der Waals surface area contributed by atoms with E-state index >= 15 is 0 Å². The molecule has 14 heavy (non-hydrogen) atoms. The highest BCUT2D eigenvalue weighted by Crippen LogP contribution is 2.12. The molecular formula is C11H11ClN2. The van der Waals surface area contributed by atoms with Gasteiger partial charge in [-0.05, 0) is 23.3 Å². The van der Waals surface area contributed by atoms with Gasteiger partial charge in [0.15, 0.2) is 0 Å². The van der Waals surface area contributed by atoms with Crippen LogP contribution in [-0.2, 0) is 13.5 Å². The van der Waals surface area contributed by atoms with Crippen LogP contribution in [0.3, 0.4) is 0 Å². The lowest BCUT2D eigenvalue weighted by Crippen LogP contribution is -1.86. The second-order valence-corrected chi connectivity index (χ2v) is 3.76. The third kappa shape index (κ3) is 2.15. The Balaban J connectivity index is 2.15. The van der Waals surface area contributed by atoms with Crippen molar-refractivity contribution in [3.63, 3.8) is 0 Å². The van der Waals surface area contributed by atoms with Crippen LogP contribution in [0.15, 0.2) is 36.7 Å². The Kier molecular flexibility index (Phi) is 2.55. The summed E-state index contributed by atoms with van der Waals surface area (Å²) in [5.41, 5.74) is 2.47. The van der Waals surface area contributed by atoms with Gasteiger partial charge < -0.3 is 0 Å². The Hall–Kier alpha value is -1.28. The van der Waals surface area contributed by atoms with Crippen LogP contribution in [0.4, 0.5) is 0 Å². The Morgan fingerprint density at radius 1 is 1.21 bits per heavy atom. The van der Waals surface area contributed by atoms with Gasteiger partial charge in [-0.1, -0.05) is 23.7 Å². The SMILES string of the molecule is Cn1cc(Cc2ccc(Cl)cc2)cn1. The van der Waals surface area contributed by atoms with E-state index in [9.17, 15) is 0 Å². The fourth-order valence-corrected chi connectivity index (χ4v) is 1.53. The summed E-state index contributed by atoms with van der Waals surface area (Å²) in [5.74, 6) is 0. The molecule has 1 heterocycles. The van der Waals surface area contributed by atoms with E-state index in [4.69, 9.17) is 11.6 Å². The zero-order valence-electron chi connectivity index (χ0n) is 7.94. The maximum atomic E-state index is 5.80. The first-order valence-electron chi connectivity index (χ1n) is 4.46. The molecule has 72 valence electrons. The molecule has 0 fully saturated rings. The molecule has 0 aliphatic carbocycles. The molecule has 0 saturated carbocycles. The molecule has 3 heteroatoms. The number of hydrogen-bond donors (Lipinski definition) is 0. The largest absolute Gasteiger partial charge is 0.276 e. The minimum absolute atomic E-state index is 0.778. The normalized spacial score (nSPS) is 10.4. The van der Waals surface area contributed by atoms with Crippen molar-refractivity contribution in [3.8, 4) is 0 Å². The van der Waals surface area contributed by atoms with E-state index < -0.39 is 0 Å². The van der Waals surface area contributed by atoms with Crippen molar-refractivity contribution in [2.24, 2.45) is 7.05 Å². The van der Waals surface area contributed by atoms with Crippen LogP contribution in [0.25, 0.3) is 0 Å². The molecule has 0 unspecified atom stereocenters. The van der Waals surface area contributed by atoms with Gasteiger partial charge in [-0.3, -0.25) is 4.68 Å². The first-order chi connectivity index (χ1) is 6.74. The van der Waals surface area contributed by atoms with Gasteiger partial charge in [0.1, 0.15) is 0 Å². The lowest BCUT2D eigenvalue weighted by molar-refractivity contribution is 0.767. The molecule has 0 aliphatic heterocycles. The summed E-state index contributed by atoms with van der Waals surface area (Å²) in [6.07, 6.45) is 4.81. The van der Waals surface area contributed by atoms with Crippen LogP contribution in [0, 0.1) is 0 Å². The highest BCUT2D eigenvalue weighted by atomic mass is 35.5. The molecule has 2 aromatic rings. The second-order valence-electron chi connectivity index (χ2n) is 3.33. The fourth-order valence-electron chi connectivity index (χ4n) is 1.40. The Bertz CT molecular complexity index is 417. The molecule has 0 N–H and O–H groups in total. The third-order valence-electron chi connectivity index (χ3n) is 2.08. The summed E-state index contributed by atoms with van der Waals surface area (Å²) in [7, 11) is 1.92. The van der Waals surface area contributed by atoms with Crippen molar-refractivity contribution >= 4 is 11.6 Å². The molecule has 0 saturated heterocycles. The van der Waals surface area contributed by atoms with E-state index in [0.717, 1.165) is 11.4 Å². The van der Waals surface area contributed by atoms with E-state index in [1.807, 2.05) is 48.4 Å². The zero-order valence-corrected chi connectivity index (χ0v) is 8.70. The molecule has 0 atom stereocenters. The summed E-state index contributed by atoms with van der Waals surface area (Å²) in [5, 5.41) is 4.90. The van der Waals surface area contributed by atoms with Crippen LogP contribution < -0.4 is 0 Å². The minimum atomic E-state index is 0.778. The second kappa shape index (κ2) is 3.84. The van der Waals surface area contributed by atoms with Crippen molar-refractivity contribution in [3.05, 3.63) is 52.8 Å². The average molecular weight is 207 g/mol. The Morgan fingerprint density at radius 2 is 1.93 bits per heavy atom. The minimum Gasteiger partial charge on any atom is -0.276 e. The van der Waals surface area contributed by atoms with E-state index in [2.05, 4.69) is 5.10 Å². The lowest BCUT2D eigenvalue weighted by atomic mass is 10.1. The van der Waals surface area contributed by atoms with Crippen LogP contribution in [0.1, 0.15) is 11.1 Å². The van der Waals surface area contributed by atoms with Gasteiger partial charge in [0, 0.05) is 24.7 Å². The number of aryl methyl sites for hydroxylation is 1. The van der Waals surface area contributed by atoms with E-state index in [0.29, 0.717) is 0 Å². The predicted molar refractivity (Wildman–Crippen MR) is 57.5 cm³/mol. The topological polar surface area (TPSA) is 17.8 Å². The molecule has 1 aromatic carbocycles. The molecule has 1 aromatic heterocycles. The molecule has 0 amide bonds. The molecule has 0 bridgehead atoms. The smallest absolute Gasteiger partial charge is 0.0525 e. The Labute approximate surface area is 88.1 Å². The number of benzene rings is 1. The molecule has 0 spiro atoms. The lowest BCUT2D eigenvalue weighted by Gasteiger charge is -1.97. The predicted octanol–water partition coefficient (Wildman–Crippen LogP) is 2.66. The highest BCUT2D eigenvalue weighted by Gasteiger charge is 1.98. The van der Waals surface area contributed by atoms with Crippen molar-refractivity contribution in [1.29, 1.82) is 0 Å². The summed E-state index contributed by atoms with van der Waals surface area (Å²) >= 11 is 5.80. The van der Waals surface area contributed by atoms with E-state index in [1.54, 1.807) is 0 Å². The molecule has 2 nitrogen and oxygen atoms in total. The molecule has 2 rings (SSSR count). The van der Waals surface area contributed by atoms with Crippen molar-refractivity contribution in [2.75, 3.05) is 0 Å². The van der Waals surface area contributed by atoms with Gasteiger partial charge in [0.05, 0.1) is 6.20 Å². The standard InChI is InChI=1S/C11H11ClN2/c1-14-8-10(7-13-14)6-9-2-4-11(12)5-3-9/h2-5,7-8H,6H2,1H3. The molecule has 0 aliphatic rings. The fraction of sp³-hybridized carbons (Fsp3) is 0.182. The summed E-state index contributed by atoms with van der Waals surface area (Å²) in [6, 6.07) is 7.89. The zero-order chi connectivity index (χ0) is 9.97. The number of rotatable bonds is 2. The van der Waals surface area contributed by atoms with Crippen LogP contribution in [0.2, 0.25) is 5.02 Å². The van der Waals surface area contributed by atoms with Crippen LogP contribution in [-0.4, -0.2) is 9.78 Å². The average Bonchev–Trinajstić information content (AvgIpc) is 2.56. The summed E-state index contributed by atoms with van der Waals surface area (Å²) in [6.45, 7) is 0. The molecule has 0 radical (unpaired) electrons. The van der Waals surface area contributed by atoms with Gasteiger partial charge in [-0.15, -0.1) is 0 Å². The molecular weight excluding hydrogens is 196 g/mol. The number of hydrogen-bond acceptors (Lipinski definition) is 1. The maximum Gasteiger partial charge on any atom is 0.0525 e. The van der Waals surface area contributed by atoms with E-state index in [-0.39, 0.29) is 0 Å². The quantitative estimate of drug-likeness (QED) is 0.739. The highest BCUT2D eigenvalue weighted by molar-refractivity contribution is 6.30. The third-order valence-corrected chi connectivity index (χ3v) is 2.33. The van der Waals surface area contributed by atoms with Crippen molar-refractivity contribution in [2.45, 2.75) is 6.42 Å².